The molecule has 170 valence electrons. The third-order valence-corrected chi connectivity index (χ3v) is 7.86. The van der Waals surface area contributed by atoms with E-state index in [1.54, 1.807) is 30.3 Å². The summed E-state index contributed by atoms with van der Waals surface area (Å²) in [5.74, 6) is -0.252. The highest BCUT2D eigenvalue weighted by Gasteiger charge is 2.33. The van der Waals surface area contributed by atoms with Gasteiger partial charge in [-0.15, -0.1) is 0 Å². The van der Waals surface area contributed by atoms with Crippen LogP contribution >= 0.6 is 11.6 Å². The normalized spacial score (nSPS) is 19.6. The summed E-state index contributed by atoms with van der Waals surface area (Å²) in [5.41, 5.74) is 0.996. The number of nitrogens with zero attached hydrogens (tertiary/aromatic N) is 1. The monoisotopic (exact) mass is 477 g/mol. The largest absolute Gasteiger partial charge is 0.478 e. The predicted octanol–water partition coefficient (Wildman–Crippen LogP) is 3.49. The Labute approximate surface area is 191 Å². The van der Waals surface area contributed by atoms with Crippen LogP contribution in [0.25, 0.3) is 0 Å². The quantitative estimate of drug-likeness (QED) is 0.685. The molecule has 0 bridgehead atoms. The van der Waals surface area contributed by atoms with E-state index < -0.39 is 16.1 Å². The van der Waals surface area contributed by atoms with E-state index in [0.717, 1.165) is 0 Å². The van der Waals surface area contributed by atoms with Gasteiger partial charge >= 0.3 is 0 Å². The van der Waals surface area contributed by atoms with Gasteiger partial charge in [0.05, 0.1) is 10.6 Å². The van der Waals surface area contributed by atoms with Crippen molar-refractivity contribution in [2.45, 2.75) is 37.2 Å². The van der Waals surface area contributed by atoms with E-state index in [1.807, 2.05) is 6.92 Å². The molecule has 0 spiro atoms. The molecule has 2 aliphatic heterocycles. The van der Waals surface area contributed by atoms with Gasteiger partial charge in [0.25, 0.3) is 5.91 Å². The molecule has 0 aromatic heterocycles. The standard InChI is InChI=1S/C22H24ClN3O5S/c1-2-19-22(28)25-18-13-17(7-8-20(18)31-19)32(29,30)26-11-9-14(10-12-26)21(27)24-16-5-3-15(23)4-6-16/h3-8,13-14,19H,2,9-12H2,1H3,(H,24,27)(H,25,28)/t19-/m1/s1. The molecule has 1 fully saturated rings. The Bertz CT molecular complexity index is 1130. The summed E-state index contributed by atoms with van der Waals surface area (Å²) in [6.45, 7) is 2.31. The van der Waals surface area contributed by atoms with E-state index in [-0.39, 0.29) is 35.7 Å². The number of ether oxygens (including phenoxy) is 1. The van der Waals surface area contributed by atoms with Gasteiger partial charge in [-0.05, 0) is 61.7 Å². The molecule has 0 radical (unpaired) electrons. The fourth-order valence-electron chi connectivity index (χ4n) is 3.84. The van der Waals surface area contributed by atoms with Crippen molar-refractivity contribution in [2.24, 2.45) is 5.92 Å². The Morgan fingerprint density at radius 1 is 1.19 bits per heavy atom. The number of anilines is 2. The summed E-state index contributed by atoms with van der Waals surface area (Å²) in [6.07, 6.45) is 0.776. The number of carbonyl (C=O) groups is 2. The first-order valence-corrected chi connectivity index (χ1v) is 12.3. The Balaban J connectivity index is 1.41. The first-order valence-electron chi connectivity index (χ1n) is 10.5. The summed E-state index contributed by atoms with van der Waals surface area (Å²) in [7, 11) is -3.76. The first kappa shape index (κ1) is 22.6. The minimum atomic E-state index is -3.76. The van der Waals surface area contributed by atoms with Crippen molar-refractivity contribution < 1.29 is 22.7 Å². The molecule has 1 saturated heterocycles. The Morgan fingerprint density at radius 3 is 2.53 bits per heavy atom. The van der Waals surface area contributed by atoms with E-state index in [9.17, 15) is 18.0 Å². The molecular formula is C22H24ClN3O5S. The average Bonchev–Trinajstić information content (AvgIpc) is 2.79. The third-order valence-electron chi connectivity index (χ3n) is 5.72. The van der Waals surface area contributed by atoms with Crippen LogP contribution in [0.5, 0.6) is 5.75 Å². The Kier molecular flexibility index (Phi) is 6.41. The van der Waals surface area contributed by atoms with Crippen LogP contribution in [-0.2, 0) is 19.6 Å². The van der Waals surface area contributed by atoms with Crippen molar-refractivity contribution in [1.82, 2.24) is 4.31 Å². The second kappa shape index (κ2) is 9.09. The second-order valence-electron chi connectivity index (χ2n) is 7.84. The molecule has 2 aliphatic rings. The highest BCUT2D eigenvalue weighted by Crippen LogP contribution is 2.34. The van der Waals surface area contributed by atoms with Crippen LogP contribution < -0.4 is 15.4 Å². The number of sulfonamides is 1. The topological polar surface area (TPSA) is 105 Å². The summed E-state index contributed by atoms with van der Waals surface area (Å²) in [5, 5.41) is 6.15. The predicted molar refractivity (Wildman–Crippen MR) is 121 cm³/mol. The second-order valence-corrected chi connectivity index (χ2v) is 10.2. The number of amides is 2. The van der Waals surface area contributed by atoms with Gasteiger partial charge in [0.15, 0.2) is 6.10 Å². The number of hydrogen-bond acceptors (Lipinski definition) is 5. The van der Waals surface area contributed by atoms with Gasteiger partial charge < -0.3 is 15.4 Å². The number of carbonyl (C=O) groups excluding carboxylic acids is 2. The lowest BCUT2D eigenvalue weighted by Crippen LogP contribution is -2.41. The summed E-state index contributed by atoms with van der Waals surface area (Å²) in [4.78, 5) is 24.7. The van der Waals surface area contributed by atoms with Crippen LogP contribution in [0.15, 0.2) is 47.4 Å². The molecule has 2 aromatic carbocycles. The zero-order valence-corrected chi connectivity index (χ0v) is 19.1. The van der Waals surface area contributed by atoms with Crippen molar-refractivity contribution in [3.05, 3.63) is 47.5 Å². The number of rotatable bonds is 5. The maximum atomic E-state index is 13.1. The average molecular weight is 478 g/mol. The molecule has 32 heavy (non-hydrogen) atoms. The maximum Gasteiger partial charge on any atom is 0.265 e. The molecular weight excluding hydrogens is 454 g/mol. The van der Waals surface area contributed by atoms with E-state index in [0.29, 0.717) is 41.4 Å². The van der Waals surface area contributed by atoms with Crippen LogP contribution in [0.2, 0.25) is 5.02 Å². The van der Waals surface area contributed by atoms with E-state index >= 15 is 0 Å². The smallest absolute Gasteiger partial charge is 0.265 e. The molecule has 8 nitrogen and oxygen atoms in total. The molecule has 0 saturated carbocycles. The molecule has 10 heteroatoms. The number of halogens is 1. The molecule has 0 unspecified atom stereocenters. The zero-order valence-electron chi connectivity index (χ0n) is 17.5. The number of fused-ring (bicyclic) bond motifs is 1. The number of piperidine rings is 1. The summed E-state index contributed by atoms with van der Waals surface area (Å²) >= 11 is 5.86. The number of benzene rings is 2. The number of nitrogens with one attached hydrogen (secondary N) is 2. The summed E-state index contributed by atoms with van der Waals surface area (Å²) < 4.78 is 33.3. The molecule has 2 aromatic rings. The SMILES string of the molecule is CC[C@H]1Oc2ccc(S(=O)(=O)N3CCC(C(=O)Nc4ccc(Cl)cc4)CC3)cc2NC1=O. The van der Waals surface area contributed by atoms with Crippen LogP contribution in [0, 0.1) is 5.92 Å². The van der Waals surface area contributed by atoms with Crippen molar-refractivity contribution >= 4 is 44.8 Å². The van der Waals surface area contributed by atoms with Gasteiger partial charge in [-0.1, -0.05) is 18.5 Å². The molecule has 2 N–H and O–H groups in total. The van der Waals surface area contributed by atoms with E-state index in [2.05, 4.69) is 10.6 Å². The van der Waals surface area contributed by atoms with E-state index in [1.165, 1.54) is 16.4 Å². The van der Waals surface area contributed by atoms with Crippen LogP contribution in [0.3, 0.4) is 0 Å². The maximum absolute atomic E-state index is 13.1. The molecule has 2 heterocycles. The molecule has 4 rings (SSSR count). The van der Waals surface area contributed by atoms with Crippen LogP contribution in [0.1, 0.15) is 26.2 Å². The zero-order chi connectivity index (χ0) is 22.9. The summed E-state index contributed by atoms with van der Waals surface area (Å²) in [6, 6.07) is 11.3. The number of hydrogen-bond donors (Lipinski definition) is 2. The first-order chi connectivity index (χ1) is 15.3. The lowest BCUT2D eigenvalue weighted by Gasteiger charge is -2.31. The van der Waals surface area contributed by atoms with Crippen molar-refractivity contribution in [1.29, 1.82) is 0 Å². The van der Waals surface area contributed by atoms with Gasteiger partial charge in [0.2, 0.25) is 15.9 Å². The van der Waals surface area contributed by atoms with Gasteiger partial charge in [-0.25, -0.2) is 8.42 Å². The fraction of sp³-hybridized carbons (Fsp3) is 0.364. The lowest BCUT2D eigenvalue weighted by molar-refractivity contribution is -0.123. The van der Waals surface area contributed by atoms with Gasteiger partial charge in [-0.3, -0.25) is 9.59 Å². The van der Waals surface area contributed by atoms with Gasteiger partial charge in [-0.2, -0.15) is 4.31 Å². The Morgan fingerprint density at radius 2 is 1.88 bits per heavy atom. The molecule has 2 amide bonds. The highest BCUT2D eigenvalue weighted by molar-refractivity contribution is 7.89. The highest BCUT2D eigenvalue weighted by atomic mass is 35.5. The van der Waals surface area contributed by atoms with Gasteiger partial charge in [0.1, 0.15) is 5.75 Å². The molecule has 1 atom stereocenters. The van der Waals surface area contributed by atoms with Crippen molar-refractivity contribution in [3.63, 3.8) is 0 Å². The lowest BCUT2D eigenvalue weighted by atomic mass is 9.97. The van der Waals surface area contributed by atoms with E-state index in [4.69, 9.17) is 16.3 Å². The fourth-order valence-corrected chi connectivity index (χ4v) is 5.47. The minimum Gasteiger partial charge on any atom is -0.478 e. The van der Waals surface area contributed by atoms with Crippen LogP contribution in [-0.4, -0.2) is 43.7 Å². The molecule has 0 aliphatic carbocycles. The minimum absolute atomic E-state index is 0.0826. The van der Waals surface area contributed by atoms with Crippen molar-refractivity contribution in [3.8, 4) is 5.75 Å². The van der Waals surface area contributed by atoms with Gasteiger partial charge in [0, 0.05) is 29.7 Å². The third kappa shape index (κ3) is 4.60. The van der Waals surface area contributed by atoms with Crippen molar-refractivity contribution in [2.75, 3.05) is 23.7 Å². The Hall–Kier alpha value is -2.62. The van der Waals surface area contributed by atoms with Crippen LogP contribution in [0.4, 0.5) is 11.4 Å².